The number of amides is 1. The monoisotopic (exact) mass is 433 g/mol. The van der Waals surface area contributed by atoms with Crippen LogP contribution in [0.1, 0.15) is 27.9 Å². The maximum absolute atomic E-state index is 12.2. The molecule has 0 spiro atoms. The van der Waals surface area contributed by atoms with Crippen LogP contribution in [-0.4, -0.2) is 55.3 Å². The Kier molecular flexibility index (Phi) is 6.59. The maximum atomic E-state index is 12.2. The summed E-state index contributed by atoms with van der Waals surface area (Å²) < 4.78 is 36.7. The Morgan fingerprint density at radius 3 is 2.63 bits per heavy atom. The maximum Gasteiger partial charge on any atom is 0.358 e. The summed E-state index contributed by atoms with van der Waals surface area (Å²) in [5.41, 5.74) is 0.702. The van der Waals surface area contributed by atoms with E-state index in [1.165, 1.54) is 6.07 Å². The van der Waals surface area contributed by atoms with E-state index in [1.807, 2.05) is 30.3 Å². The quantitative estimate of drug-likeness (QED) is 0.333. The lowest BCUT2D eigenvalue weighted by Crippen LogP contribution is -2.35. The van der Waals surface area contributed by atoms with E-state index in [4.69, 9.17) is 9.26 Å². The summed E-state index contributed by atoms with van der Waals surface area (Å²) in [5.74, 6) is -0.797. The number of esters is 1. The lowest BCUT2D eigenvalue weighted by atomic mass is 10.1. The van der Waals surface area contributed by atoms with Gasteiger partial charge in [0.15, 0.2) is 22.2 Å². The summed E-state index contributed by atoms with van der Waals surface area (Å²) in [6.07, 6.45) is 0. The topological polar surface area (TPSA) is 156 Å². The lowest BCUT2D eigenvalue weighted by Gasteiger charge is -2.05. The van der Waals surface area contributed by atoms with Gasteiger partial charge in [0, 0.05) is 30.8 Å². The van der Waals surface area contributed by atoms with E-state index in [0.29, 0.717) is 5.76 Å². The summed E-state index contributed by atoms with van der Waals surface area (Å²) in [7, 11) is -3.94. The van der Waals surface area contributed by atoms with Gasteiger partial charge in [-0.25, -0.2) is 17.9 Å². The summed E-state index contributed by atoms with van der Waals surface area (Å²) >= 11 is 0. The Labute approximate surface area is 171 Å². The van der Waals surface area contributed by atoms with Gasteiger partial charge in [-0.15, -0.1) is 0 Å². The van der Waals surface area contributed by atoms with E-state index in [2.05, 4.69) is 25.4 Å². The first-order valence-corrected chi connectivity index (χ1v) is 10.4. The number of hydrogen-bond acceptors (Lipinski definition) is 8. The molecule has 3 aromatic rings. The van der Waals surface area contributed by atoms with Crippen molar-refractivity contribution in [3.63, 3.8) is 0 Å². The van der Waals surface area contributed by atoms with Crippen molar-refractivity contribution in [2.24, 2.45) is 0 Å². The van der Waals surface area contributed by atoms with Crippen LogP contribution in [0.15, 0.2) is 52.0 Å². The molecule has 11 nitrogen and oxygen atoms in total. The number of hydrogen-bond donors (Lipinski definition) is 3. The minimum absolute atomic E-state index is 0.00443. The lowest BCUT2D eigenvalue weighted by molar-refractivity contribution is 0.0519. The number of rotatable bonds is 9. The van der Waals surface area contributed by atoms with E-state index in [9.17, 15) is 18.0 Å². The highest BCUT2D eigenvalue weighted by atomic mass is 32.2. The smallest absolute Gasteiger partial charge is 0.358 e. The van der Waals surface area contributed by atoms with Gasteiger partial charge in [-0.05, 0) is 6.92 Å². The number of aromatic amines is 1. The molecule has 0 saturated carbocycles. The molecule has 0 aliphatic rings. The van der Waals surface area contributed by atoms with Gasteiger partial charge in [0.1, 0.15) is 0 Å². The molecule has 1 aromatic carbocycles. The molecule has 12 heteroatoms. The molecule has 0 aliphatic heterocycles. The van der Waals surface area contributed by atoms with Crippen molar-refractivity contribution >= 4 is 21.9 Å². The van der Waals surface area contributed by atoms with Crippen LogP contribution in [-0.2, 0) is 14.8 Å². The first-order chi connectivity index (χ1) is 14.4. The number of nitrogens with one attached hydrogen (secondary N) is 3. The van der Waals surface area contributed by atoms with Gasteiger partial charge in [-0.3, -0.25) is 9.89 Å². The summed E-state index contributed by atoms with van der Waals surface area (Å²) in [5, 5.41) is 11.9. The molecule has 2 aromatic heterocycles. The van der Waals surface area contributed by atoms with Gasteiger partial charge in [-0.2, -0.15) is 5.10 Å². The molecule has 0 aliphatic carbocycles. The Bertz CT molecular complexity index is 1120. The molecule has 0 radical (unpaired) electrons. The molecule has 30 heavy (non-hydrogen) atoms. The van der Waals surface area contributed by atoms with Crippen molar-refractivity contribution in [3.05, 3.63) is 53.9 Å². The number of nitrogens with zero attached hydrogens (tertiary/aromatic N) is 2. The standard InChI is InChI=1S/C18H19N5O6S/c1-2-28-18(25)14-11-16(22-21-14)30(26,27)20-9-8-19-17(24)13-10-15(29-23-13)12-6-4-3-5-7-12/h3-7,10-11,20H,2,8-9H2,1H3,(H,19,24)(H,21,22). The van der Waals surface area contributed by atoms with E-state index in [0.717, 1.165) is 11.6 Å². The number of ether oxygens (including phenoxy) is 1. The van der Waals surface area contributed by atoms with Gasteiger partial charge in [0.05, 0.1) is 6.61 Å². The number of carbonyl (C=O) groups excluding carboxylic acids is 2. The zero-order valence-electron chi connectivity index (χ0n) is 15.9. The third-order valence-corrected chi connectivity index (χ3v) is 5.20. The molecule has 0 unspecified atom stereocenters. The molecule has 0 fully saturated rings. The largest absolute Gasteiger partial charge is 0.461 e. The summed E-state index contributed by atoms with van der Waals surface area (Å²) in [6, 6.07) is 11.7. The highest BCUT2D eigenvalue weighted by molar-refractivity contribution is 7.89. The Morgan fingerprint density at radius 2 is 1.90 bits per heavy atom. The molecular weight excluding hydrogens is 414 g/mol. The minimum atomic E-state index is -3.94. The molecule has 3 N–H and O–H groups in total. The van der Waals surface area contributed by atoms with E-state index < -0.39 is 21.9 Å². The molecule has 0 saturated heterocycles. The molecule has 2 heterocycles. The van der Waals surface area contributed by atoms with Crippen LogP contribution in [0, 0.1) is 0 Å². The SMILES string of the molecule is CCOC(=O)c1cc(S(=O)(=O)NCCNC(=O)c2cc(-c3ccccc3)on2)[nH]n1. The van der Waals surface area contributed by atoms with Crippen molar-refractivity contribution in [2.75, 3.05) is 19.7 Å². The number of aromatic nitrogens is 3. The number of benzene rings is 1. The number of H-pyrrole nitrogens is 1. The summed E-state index contributed by atoms with van der Waals surface area (Å²) in [4.78, 5) is 23.7. The van der Waals surface area contributed by atoms with E-state index in [-0.39, 0.29) is 36.1 Å². The van der Waals surface area contributed by atoms with Crippen LogP contribution in [0.4, 0.5) is 0 Å². The third-order valence-electron chi connectivity index (χ3n) is 3.83. The third kappa shape index (κ3) is 5.10. The highest BCUT2D eigenvalue weighted by Gasteiger charge is 2.20. The van der Waals surface area contributed by atoms with Gasteiger partial charge < -0.3 is 14.6 Å². The van der Waals surface area contributed by atoms with E-state index >= 15 is 0 Å². The molecule has 3 rings (SSSR count). The fourth-order valence-electron chi connectivity index (χ4n) is 2.40. The molecule has 158 valence electrons. The van der Waals surface area contributed by atoms with Crippen molar-refractivity contribution in [3.8, 4) is 11.3 Å². The Hall–Kier alpha value is -3.51. The molecule has 0 atom stereocenters. The number of sulfonamides is 1. The van der Waals surface area contributed by atoms with Gasteiger partial charge >= 0.3 is 5.97 Å². The second-order valence-electron chi connectivity index (χ2n) is 5.93. The molecule has 1 amide bonds. The normalized spacial score (nSPS) is 11.2. The second-order valence-corrected chi connectivity index (χ2v) is 7.67. The van der Waals surface area contributed by atoms with Crippen LogP contribution in [0.2, 0.25) is 0 Å². The van der Waals surface area contributed by atoms with Crippen molar-refractivity contribution in [1.82, 2.24) is 25.4 Å². The molecular formula is C18H19N5O6S. The zero-order chi connectivity index (χ0) is 21.6. The van der Waals surface area contributed by atoms with Crippen LogP contribution in [0.3, 0.4) is 0 Å². The van der Waals surface area contributed by atoms with E-state index in [1.54, 1.807) is 6.92 Å². The first kappa shape index (κ1) is 21.2. The Balaban J connectivity index is 1.50. The zero-order valence-corrected chi connectivity index (χ0v) is 16.7. The second kappa shape index (κ2) is 9.33. The van der Waals surface area contributed by atoms with Crippen LogP contribution < -0.4 is 10.0 Å². The molecule has 0 bridgehead atoms. The predicted octanol–water partition coefficient (Wildman–Crippen LogP) is 0.950. The van der Waals surface area contributed by atoms with Crippen LogP contribution >= 0.6 is 0 Å². The van der Waals surface area contributed by atoms with Crippen molar-refractivity contribution < 1.29 is 27.3 Å². The highest BCUT2D eigenvalue weighted by Crippen LogP contribution is 2.19. The van der Waals surface area contributed by atoms with Crippen molar-refractivity contribution in [2.45, 2.75) is 11.9 Å². The minimum Gasteiger partial charge on any atom is -0.461 e. The summed E-state index contributed by atoms with van der Waals surface area (Å²) in [6.45, 7) is 1.68. The van der Waals surface area contributed by atoms with Crippen LogP contribution in [0.25, 0.3) is 11.3 Å². The number of carbonyl (C=O) groups is 2. The fourth-order valence-corrected chi connectivity index (χ4v) is 3.36. The predicted molar refractivity (Wildman–Crippen MR) is 104 cm³/mol. The van der Waals surface area contributed by atoms with Crippen LogP contribution in [0.5, 0.6) is 0 Å². The first-order valence-electron chi connectivity index (χ1n) is 8.93. The van der Waals surface area contributed by atoms with Gasteiger partial charge in [-0.1, -0.05) is 35.5 Å². The van der Waals surface area contributed by atoms with Gasteiger partial charge in [0.25, 0.3) is 15.9 Å². The van der Waals surface area contributed by atoms with Crippen molar-refractivity contribution in [1.29, 1.82) is 0 Å². The average molecular weight is 433 g/mol. The van der Waals surface area contributed by atoms with Gasteiger partial charge in [0.2, 0.25) is 0 Å². The average Bonchev–Trinajstić information content (AvgIpc) is 3.42. The Morgan fingerprint density at radius 1 is 1.13 bits per heavy atom. The fraction of sp³-hybridized carbons (Fsp3) is 0.222.